The molecule has 7 heteroatoms. The van der Waals surface area contributed by atoms with Crippen LogP contribution in [0.25, 0.3) is 0 Å². The van der Waals surface area contributed by atoms with Gasteiger partial charge >= 0.3 is 0 Å². The van der Waals surface area contributed by atoms with Crippen molar-refractivity contribution in [3.05, 3.63) is 59.4 Å². The number of benzene rings is 2. The predicted molar refractivity (Wildman–Crippen MR) is 111 cm³/mol. The summed E-state index contributed by atoms with van der Waals surface area (Å²) in [4.78, 5) is 0. The highest BCUT2D eigenvalue weighted by Crippen LogP contribution is 2.42. The van der Waals surface area contributed by atoms with Crippen molar-refractivity contribution in [2.24, 2.45) is 0 Å². The molecule has 2 aromatic rings. The van der Waals surface area contributed by atoms with Gasteiger partial charge in [-0.3, -0.25) is 0 Å². The van der Waals surface area contributed by atoms with Gasteiger partial charge in [-0.1, -0.05) is 30.3 Å². The standard InChI is InChI=1S/C24H29FO6/c1-28-20-14-19(25)18(13-21(20)29-16-17-5-3-2-4-6-17)7-8-23(27)9-10-24(15-22(23)26)30-11-12-31-24/h2-6,13-14,22,26-27H,7-12,15-16H2,1H3/t22-,23+/m1/s1. The molecule has 2 aromatic carbocycles. The second-order valence-electron chi connectivity index (χ2n) is 8.30. The van der Waals surface area contributed by atoms with Crippen molar-refractivity contribution in [2.75, 3.05) is 20.3 Å². The van der Waals surface area contributed by atoms with Crippen LogP contribution in [-0.4, -0.2) is 48.0 Å². The van der Waals surface area contributed by atoms with Crippen LogP contribution >= 0.6 is 0 Å². The molecule has 2 aliphatic rings. The summed E-state index contributed by atoms with van der Waals surface area (Å²) in [5, 5.41) is 21.6. The molecule has 0 unspecified atom stereocenters. The second kappa shape index (κ2) is 9.12. The minimum absolute atomic E-state index is 0.208. The first kappa shape index (κ1) is 22.0. The largest absolute Gasteiger partial charge is 0.493 e. The first-order valence-corrected chi connectivity index (χ1v) is 10.6. The van der Waals surface area contributed by atoms with Crippen LogP contribution in [0.2, 0.25) is 0 Å². The molecule has 168 valence electrons. The quantitative estimate of drug-likeness (QED) is 0.699. The van der Waals surface area contributed by atoms with Crippen molar-refractivity contribution in [2.45, 2.75) is 56.2 Å². The van der Waals surface area contributed by atoms with Crippen LogP contribution in [0.1, 0.15) is 36.8 Å². The molecule has 0 radical (unpaired) electrons. The first-order chi connectivity index (χ1) is 14.9. The summed E-state index contributed by atoms with van der Waals surface area (Å²) in [6.07, 6.45) is 0.487. The van der Waals surface area contributed by atoms with Crippen LogP contribution in [-0.2, 0) is 22.5 Å². The molecule has 2 atom stereocenters. The minimum Gasteiger partial charge on any atom is -0.493 e. The van der Waals surface area contributed by atoms with Gasteiger partial charge in [0.15, 0.2) is 17.3 Å². The molecule has 1 saturated carbocycles. The van der Waals surface area contributed by atoms with E-state index in [1.165, 1.54) is 13.2 Å². The third kappa shape index (κ3) is 4.85. The van der Waals surface area contributed by atoms with E-state index >= 15 is 0 Å². The van der Waals surface area contributed by atoms with Gasteiger partial charge in [-0.2, -0.15) is 0 Å². The Morgan fingerprint density at radius 2 is 1.84 bits per heavy atom. The summed E-state index contributed by atoms with van der Waals surface area (Å²) in [5.41, 5.74) is 0.0660. The van der Waals surface area contributed by atoms with Crippen molar-refractivity contribution in [1.82, 2.24) is 0 Å². The number of halogens is 1. The van der Waals surface area contributed by atoms with Crippen LogP contribution in [0.15, 0.2) is 42.5 Å². The van der Waals surface area contributed by atoms with Gasteiger partial charge in [0.25, 0.3) is 0 Å². The van der Waals surface area contributed by atoms with Crippen LogP contribution in [0.3, 0.4) is 0 Å². The van der Waals surface area contributed by atoms with Gasteiger partial charge in [-0.05, 0) is 36.5 Å². The average molecular weight is 432 g/mol. The van der Waals surface area contributed by atoms with Gasteiger partial charge in [-0.25, -0.2) is 4.39 Å². The lowest BCUT2D eigenvalue weighted by atomic mass is 9.76. The van der Waals surface area contributed by atoms with Crippen molar-refractivity contribution in [3.8, 4) is 11.5 Å². The number of hydrogen-bond acceptors (Lipinski definition) is 6. The predicted octanol–water partition coefficient (Wildman–Crippen LogP) is 3.36. The highest BCUT2D eigenvalue weighted by atomic mass is 19.1. The average Bonchev–Trinajstić information content (AvgIpc) is 3.23. The maximum absolute atomic E-state index is 14.7. The lowest BCUT2D eigenvalue weighted by molar-refractivity contribution is -0.237. The zero-order valence-electron chi connectivity index (χ0n) is 17.7. The molecule has 31 heavy (non-hydrogen) atoms. The van der Waals surface area contributed by atoms with Crippen molar-refractivity contribution in [3.63, 3.8) is 0 Å². The van der Waals surface area contributed by atoms with Gasteiger partial charge in [0.05, 0.1) is 32.0 Å². The topological polar surface area (TPSA) is 77.4 Å². The van der Waals surface area contributed by atoms with E-state index in [2.05, 4.69) is 0 Å². The molecule has 1 aliphatic heterocycles. The van der Waals surface area contributed by atoms with Gasteiger partial charge in [-0.15, -0.1) is 0 Å². The van der Waals surface area contributed by atoms with Crippen LogP contribution in [0.5, 0.6) is 11.5 Å². The molecule has 0 amide bonds. The molecule has 0 aromatic heterocycles. The number of rotatable bonds is 7. The fourth-order valence-corrected chi connectivity index (χ4v) is 4.34. The molecule has 6 nitrogen and oxygen atoms in total. The smallest absolute Gasteiger partial charge is 0.171 e. The highest BCUT2D eigenvalue weighted by molar-refractivity contribution is 5.44. The number of ether oxygens (including phenoxy) is 4. The Morgan fingerprint density at radius 1 is 1.10 bits per heavy atom. The van der Waals surface area contributed by atoms with E-state index in [1.54, 1.807) is 6.07 Å². The van der Waals surface area contributed by atoms with E-state index in [4.69, 9.17) is 18.9 Å². The van der Waals surface area contributed by atoms with Crippen molar-refractivity contribution < 1.29 is 33.6 Å². The molecule has 2 fully saturated rings. The Morgan fingerprint density at radius 3 is 2.52 bits per heavy atom. The van der Waals surface area contributed by atoms with Gasteiger partial charge < -0.3 is 29.2 Å². The highest BCUT2D eigenvalue weighted by Gasteiger charge is 2.50. The Balaban J connectivity index is 1.44. The van der Waals surface area contributed by atoms with Gasteiger partial charge in [0.2, 0.25) is 0 Å². The van der Waals surface area contributed by atoms with Gasteiger partial charge in [0, 0.05) is 18.9 Å². The first-order valence-electron chi connectivity index (χ1n) is 10.6. The summed E-state index contributed by atoms with van der Waals surface area (Å²) in [6, 6.07) is 12.6. The normalized spacial score (nSPS) is 25.0. The van der Waals surface area contributed by atoms with Crippen LogP contribution in [0, 0.1) is 5.82 Å². The maximum atomic E-state index is 14.7. The molecule has 0 bridgehead atoms. The van der Waals surface area contributed by atoms with Crippen LogP contribution < -0.4 is 9.47 Å². The summed E-state index contributed by atoms with van der Waals surface area (Å²) < 4.78 is 37.1. The lowest BCUT2D eigenvalue weighted by Crippen LogP contribution is -2.53. The second-order valence-corrected chi connectivity index (χ2v) is 8.30. The third-order valence-electron chi connectivity index (χ3n) is 6.27. The van der Waals surface area contributed by atoms with Crippen LogP contribution in [0.4, 0.5) is 4.39 Å². The number of aliphatic hydroxyl groups is 2. The van der Waals surface area contributed by atoms with E-state index < -0.39 is 23.3 Å². The molecular formula is C24H29FO6. The molecule has 4 rings (SSSR count). The summed E-state index contributed by atoms with van der Waals surface area (Å²) >= 11 is 0. The molecule has 1 heterocycles. The van der Waals surface area contributed by atoms with E-state index in [1.807, 2.05) is 30.3 Å². The Hall–Kier alpha value is -2.19. The monoisotopic (exact) mass is 432 g/mol. The van der Waals surface area contributed by atoms with Gasteiger partial charge in [0.1, 0.15) is 12.4 Å². The zero-order chi connectivity index (χ0) is 21.9. The molecule has 1 saturated heterocycles. The summed E-state index contributed by atoms with van der Waals surface area (Å²) in [6.45, 7) is 1.31. The Bertz CT molecular complexity index is 883. The molecule has 1 aliphatic carbocycles. The number of methoxy groups -OCH3 is 1. The van der Waals surface area contributed by atoms with E-state index in [0.717, 1.165) is 5.56 Å². The van der Waals surface area contributed by atoms with E-state index in [0.29, 0.717) is 49.7 Å². The van der Waals surface area contributed by atoms with E-state index in [9.17, 15) is 14.6 Å². The minimum atomic E-state index is -1.32. The summed E-state index contributed by atoms with van der Waals surface area (Å²) in [5.74, 6) is -0.483. The Kier molecular flexibility index (Phi) is 6.48. The van der Waals surface area contributed by atoms with Crippen molar-refractivity contribution >= 4 is 0 Å². The fraction of sp³-hybridized carbons (Fsp3) is 0.500. The zero-order valence-corrected chi connectivity index (χ0v) is 17.7. The maximum Gasteiger partial charge on any atom is 0.171 e. The number of aryl methyl sites for hydroxylation is 1. The third-order valence-corrected chi connectivity index (χ3v) is 6.27. The SMILES string of the molecule is COc1cc(F)c(CC[C@]2(O)CCC3(C[C@H]2O)OCCO3)cc1OCc1ccccc1. The fourth-order valence-electron chi connectivity index (χ4n) is 4.34. The Labute approximate surface area is 181 Å². The molecule has 2 N–H and O–H groups in total. The molecular weight excluding hydrogens is 403 g/mol. The number of aliphatic hydroxyl groups excluding tert-OH is 1. The number of hydrogen-bond donors (Lipinski definition) is 2. The molecule has 1 spiro atoms. The summed E-state index contributed by atoms with van der Waals surface area (Å²) in [7, 11) is 1.47. The van der Waals surface area contributed by atoms with Crippen molar-refractivity contribution in [1.29, 1.82) is 0 Å². The van der Waals surface area contributed by atoms with E-state index in [-0.39, 0.29) is 19.3 Å². The lowest BCUT2D eigenvalue weighted by Gasteiger charge is -2.44.